The number of azide groups is 1. The molecule has 0 bridgehead atoms. The van der Waals surface area contributed by atoms with Crippen LogP contribution in [-0.4, -0.2) is 18.3 Å². The van der Waals surface area contributed by atoms with Crippen LogP contribution < -0.4 is 0 Å². The maximum Gasteiger partial charge on any atom is 0.0462 e. The molecule has 2 atom stereocenters. The minimum Gasteiger partial charge on any atom is -0.396 e. The highest BCUT2D eigenvalue weighted by Gasteiger charge is 2.35. The summed E-state index contributed by atoms with van der Waals surface area (Å²) < 4.78 is 0. The summed E-state index contributed by atoms with van der Waals surface area (Å²) in [5.74, 6) is 0.876. The van der Waals surface area contributed by atoms with E-state index in [1.807, 2.05) is 0 Å². The second-order valence-electron chi connectivity index (χ2n) is 2.35. The second-order valence-corrected chi connectivity index (χ2v) is 2.35. The highest BCUT2D eigenvalue weighted by Crippen LogP contribution is 2.37. The maximum absolute atomic E-state index is 8.54. The van der Waals surface area contributed by atoms with Crippen molar-refractivity contribution in [2.75, 3.05) is 13.2 Å². The molecule has 4 nitrogen and oxygen atoms in total. The van der Waals surface area contributed by atoms with E-state index in [9.17, 15) is 0 Å². The fourth-order valence-corrected chi connectivity index (χ4v) is 0.899. The van der Waals surface area contributed by atoms with E-state index in [1.165, 1.54) is 0 Å². The Morgan fingerprint density at radius 2 is 2.44 bits per heavy atom. The quantitative estimate of drug-likeness (QED) is 0.342. The van der Waals surface area contributed by atoms with Crippen molar-refractivity contribution in [3.63, 3.8) is 0 Å². The summed E-state index contributed by atoms with van der Waals surface area (Å²) in [6.45, 7) is 0.799. The van der Waals surface area contributed by atoms with Gasteiger partial charge in [0.1, 0.15) is 0 Å². The van der Waals surface area contributed by atoms with Crippen LogP contribution in [0.4, 0.5) is 0 Å². The van der Waals surface area contributed by atoms with Crippen molar-refractivity contribution in [2.24, 2.45) is 17.0 Å². The summed E-state index contributed by atoms with van der Waals surface area (Å²) in [7, 11) is 0. The molecule has 0 saturated heterocycles. The van der Waals surface area contributed by atoms with Crippen LogP contribution in [0.2, 0.25) is 0 Å². The van der Waals surface area contributed by atoms with Gasteiger partial charge in [-0.3, -0.25) is 0 Å². The Bertz CT molecular complexity index is 141. The Morgan fingerprint density at radius 3 is 2.89 bits per heavy atom. The second kappa shape index (κ2) is 2.71. The third kappa shape index (κ3) is 1.59. The fourth-order valence-electron chi connectivity index (χ4n) is 0.899. The van der Waals surface area contributed by atoms with Gasteiger partial charge in [0.2, 0.25) is 0 Å². The lowest BCUT2D eigenvalue weighted by molar-refractivity contribution is 0.269. The number of nitrogens with zero attached hydrogens (tertiary/aromatic N) is 3. The van der Waals surface area contributed by atoms with E-state index in [0.29, 0.717) is 18.4 Å². The third-order valence-corrected chi connectivity index (χ3v) is 1.68. The Morgan fingerprint density at radius 1 is 1.67 bits per heavy atom. The molecule has 0 aromatic rings. The number of rotatable bonds is 3. The van der Waals surface area contributed by atoms with E-state index in [0.717, 1.165) is 6.42 Å². The number of hydrogen-bond acceptors (Lipinski definition) is 2. The molecule has 1 aliphatic rings. The summed E-state index contributed by atoms with van der Waals surface area (Å²) >= 11 is 0. The van der Waals surface area contributed by atoms with Crippen molar-refractivity contribution in [2.45, 2.75) is 6.42 Å². The van der Waals surface area contributed by atoms with Crippen molar-refractivity contribution in [3.8, 4) is 0 Å². The maximum atomic E-state index is 8.54. The molecule has 1 rings (SSSR count). The van der Waals surface area contributed by atoms with E-state index in [2.05, 4.69) is 10.0 Å². The summed E-state index contributed by atoms with van der Waals surface area (Å²) in [5, 5.41) is 11.9. The van der Waals surface area contributed by atoms with Crippen LogP contribution in [0.15, 0.2) is 5.11 Å². The fraction of sp³-hybridized carbons (Fsp3) is 1.00. The Balaban J connectivity index is 2.12. The summed E-state index contributed by atoms with van der Waals surface area (Å²) in [6, 6.07) is 0. The summed E-state index contributed by atoms with van der Waals surface area (Å²) in [5.41, 5.74) is 7.90. The Labute approximate surface area is 53.1 Å². The average Bonchev–Trinajstić information content (AvgIpc) is 2.62. The van der Waals surface area contributed by atoms with Gasteiger partial charge in [-0.2, -0.15) is 0 Å². The van der Waals surface area contributed by atoms with Gasteiger partial charge >= 0.3 is 0 Å². The summed E-state index contributed by atoms with van der Waals surface area (Å²) in [4.78, 5) is 2.63. The van der Waals surface area contributed by atoms with Crippen LogP contribution in [-0.2, 0) is 0 Å². The lowest BCUT2D eigenvalue weighted by Crippen LogP contribution is -1.90. The van der Waals surface area contributed by atoms with Gasteiger partial charge in [-0.05, 0) is 23.8 Å². The first-order valence-electron chi connectivity index (χ1n) is 3.00. The molecule has 0 heterocycles. The van der Waals surface area contributed by atoms with Crippen molar-refractivity contribution in [1.82, 2.24) is 0 Å². The third-order valence-electron chi connectivity index (χ3n) is 1.68. The van der Waals surface area contributed by atoms with Crippen molar-refractivity contribution < 1.29 is 5.11 Å². The first kappa shape index (κ1) is 6.39. The largest absolute Gasteiger partial charge is 0.396 e. The van der Waals surface area contributed by atoms with E-state index < -0.39 is 0 Å². The van der Waals surface area contributed by atoms with Crippen molar-refractivity contribution in [3.05, 3.63) is 10.4 Å². The zero-order valence-corrected chi connectivity index (χ0v) is 5.06. The first-order chi connectivity index (χ1) is 4.38. The minimum absolute atomic E-state index is 0.242. The van der Waals surface area contributed by atoms with Gasteiger partial charge in [0.05, 0.1) is 0 Å². The van der Waals surface area contributed by atoms with E-state index in [1.54, 1.807) is 0 Å². The minimum atomic E-state index is 0.242. The molecular weight excluding hydrogens is 118 g/mol. The molecule has 2 unspecified atom stereocenters. The van der Waals surface area contributed by atoms with Crippen molar-refractivity contribution in [1.29, 1.82) is 0 Å². The molecule has 50 valence electrons. The smallest absolute Gasteiger partial charge is 0.0462 e. The van der Waals surface area contributed by atoms with Gasteiger partial charge in [-0.25, -0.2) is 0 Å². The zero-order chi connectivity index (χ0) is 6.69. The number of aliphatic hydroxyl groups is 1. The molecule has 1 N–H and O–H groups in total. The molecule has 0 aromatic carbocycles. The van der Waals surface area contributed by atoms with E-state index in [4.69, 9.17) is 10.6 Å². The first-order valence-corrected chi connectivity index (χ1v) is 3.00. The molecule has 0 spiro atoms. The molecule has 1 aliphatic carbocycles. The van der Waals surface area contributed by atoms with Crippen LogP contribution in [0.1, 0.15) is 6.42 Å². The predicted molar refractivity (Wildman–Crippen MR) is 32.7 cm³/mol. The Kier molecular flexibility index (Phi) is 1.92. The highest BCUT2D eigenvalue weighted by molar-refractivity contribution is 4.86. The molecule has 1 fully saturated rings. The lowest BCUT2D eigenvalue weighted by atomic mass is 10.3. The molecular formula is C5H9N3O. The van der Waals surface area contributed by atoms with Gasteiger partial charge in [0.15, 0.2) is 0 Å². The van der Waals surface area contributed by atoms with E-state index >= 15 is 0 Å². The average molecular weight is 127 g/mol. The van der Waals surface area contributed by atoms with E-state index in [-0.39, 0.29) is 6.61 Å². The Hall–Kier alpha value is -0.730. The number of aliphatic hydroxyl groups excluding tert-OH is 1. The predicted octanol–water partition coefficient (Wildman–Crippen LogP) is 0.925. The van der Waals surface area contributed by atoms with Gasteiger partial charge < -0.3 is 5.11 Å². The molecule has 0 amide bonds. The number of hydrogen-bond donors (Lipinski definition) is 1. The van der Waals surface area contributed by atoms with Crippen molar-refractivity contribution >= 4 is 0 Å². The lowest BCUT2D eigenvalue weighted by Gasteiger charge is -1.85. The van der Waals surface area contributed by atoms with Crippen LogP contribution >= 0.6 is 0 Å². The molecule has 0 radical (unpaired) electrons. The monoisotopic (exact) mass is 127 g/mol. The molecule has 9 heavy (non-hydrogen) atoms. The molecule has 1 saturated carbocycles. The molecule has 0 aliphatic heterocycles. The van der Waals surface area contributed by atoms with Crippen LogP contribution in [0, 0.1) is 11.8 Å². The van der Waals surface area contributed by atoms with Gasteiger partial charge in [-0.1, -0.05) is 5.11 Å². The molecule has 0 aromatic heterocycles. The SMILES string of the molecule is [N-]=[N+]=NCC1CC1CO. The zero-order valence-electron chi connectivity index (χ0n) is 5.06. The van der Waals surface area contributed by atoms with Gasteiger partial charge in [0, 0.05) is 18.1 Å². The summed E-state index contributed by atoms with van der Waals surface area (Å²) in [6.07, 6.45) is 1.02. The topological polar surface area (TPSA) is 69.0 Å². The van der Waals surface area contributed by atoms with Gasteiger partial charge in [-0.15, -0.1) is 0 Å². The molecule has 4 heteroatoms. The van der Waals surface area contributed by atoms with Crippen LogP contribution in [0.3, 0.4) is 0 Å². The van der Waals surface area contributed by atoms with Crippen LogP contribution in [0.5, 0.6) is 0 Å². The van der Waals surface area contributed by atoms with Crippen LogP contribution in [0.25, 0.3) is 10.4 Å². The normalized spacial score (nSPS) is 31.2. The standard InChI is InChI=1S/C5H9N3O/c6-8-7-2-4-1-5(4)3-9/h4-5,9H,1-3H2. The van der Waals surface area contributed by atoms with Gasteiger partial charge in [0.25, 0.3) is 0 Å². The highest BCUT2D eigenvalue weighted by atomic mass is 16.3.